The minimum absolute atomic E-state index is 0.0203. The Bertz CT molecular complexity index is 1020. The molecule has 0 fully saturated rings. The van der Waals surface area contributed by atoms with E-state index in [1.165, 1.54) is 18.3 Å². The third-order valence-electron chi connectivity index (χ3n) is 5.75. The number of aliphatic hydroxyl groups is 1. The summed E-state index contributed by atoms with van der Waals surface area (Å²) in [6, 6.07) is 4.91. The second kappa shape index (κ2) is 16.0. The number of amides is 1. The zero-order valence-corrected chi connectivity index (χ0v) is 22.1. The van der Waals surface area contributed by atoms with Gasteiger partial charge in [0.05, 0.1) is 31.4 Å². The summed E-state index contributed by atoms with van der Waals surface area (Å²) < 4.78 is 22.9. The Morgan fingerprint density at radius 3 is 2.68 bits per heavy atom. The Balaban J connectivity index is 1.57. The zero-order chi connectivity index (χ0) is 27.2. The number of carbonyl (C=O) groups is 1. The highest BCUT2D eigenvalue weighted by atomic mass is 32.1. The van der Waals surface area contributed by atoms with Gasteiger partial charge in [-0.1, -0.05) is 0 Å². The fourth-order valence-electron chi connectivity index (χ4n) is 3.94. The maximum atomic E-state index is 13.0. The van der Waals surface area contributed by atoms with Crippen molar-refractivity contribution in [1.29, 1.82) is 0 Å². The monoisotopic (exact) mass is 550 g/mol. The average Bonchev–Trinajstić information content (AvgIpc) is 3.46. The van der Waals surface area contributed by atoms with Crippen molar-refractivity contribution < 1.29 is 33.8 Å². The van der Waals surface area contributed by atoms with Crippen LogP contribution >= 0.6 is 11.3 Å². The van der Waals surface area contributed by atoms with E-state index in [9.17, 15) is 14.9 Å². The quantitative estimate of drug-likeness (QED) is 0.152. The summed E-state index contributed by atoms with van der Waals surface area (Å²) in [5.41, 5.74) is 0.988. The van der Waals surface area contributed by atoms with Crippen LogP contribution in [0.4, 0.5) is 11.5 Å². The molecule has 13 heteroatoms. The van der Waals surface area contributed by atoms with E-state index >= 15 is 0 Å². The molecule has 38 heavy (non-hydrogen) atoms. The second-order valence-corrected chi connectivity index (χ2v) is 9.08. The molecule has 2 aromatic rings. The van der Waals surface area contributed by atoms with Gasteiger partial charge in [-0.25, -0.2) is 4.98 Å². The molecule has 1 aliphatic rings. The van der Waals surface area contributed by atoms with Crippen molar-refractivity contribution in [2.24, 2.45) is 5.92 Å². The zero-order valence-electron chi connectivity index (χ0n) is 21.2. The number of anilines is 1. The Kier molecular flexibility index (Phi) is 12.4. The van der Waals surface area contributed by atoms with Crippen molar-refractivity contribution in [2.45, 2.75) is 25.6 Å². The molecular formula is C25H34N4O8S. The predicted octanol–water partition coefficient (Wildman–Crippen LogP) is 2.67. The number of thiophene rings is 1. The van der Waals surface area contributed by atoms with Gasteiger partial charge in [0.15, 0.2) is 5.76 Å². The van der Waals surface area contributed by atoms with Gasteiger partial charge in [-0.3, -0.25) is 14.9 Å². The molecule has 3 atom stereocenters. The number of nitrogens with one attached hydrogen (secondary N) is 2. The molecule has 0 saturated heterocycles. The molecule has 0 spiro atoms. The smallest absolute Gasteiger partial charge is 0.287 e. The van der Waals surface area contributed by atoms with Crippen molar-refractivity contribution in [2.75, 3.05) is 58.0 Å². The summed E-state index contributed by atoms with van der Waals surface area (Å²) in [4.78, 5) is 27.2. The lowest BCUT2D eigenvalue weighted by atomic mass is 9.82. The Hall–Kier alpha value is -3.10. The molecule has 3 N–H and O–H groups in total. The Morgan fingerprint density at radius 1 is 1.21 bits per heavy atom. The lowest BCUT2D eigenvalue weighted by Gasteiger charge is -2.36. The average molecular weight is 551 g/mol. The van der Waals surface area contributed by atoms with E-state index in [4.69, 9.17) is 24.1 Å². The molecule has 0 radical (unpaired) electrons. The fourth-order valence-corrected chi connectivity index (χ4v) is 4.65. The number of hydrogen-bond acceptors (Lipinski definition) is 11. The molecule has 0 unspecified atom stereocenters. The summed E-state index contributed by atoms with van der Waals surface area (Å²) >= 11 is 1.59. The second-order valence-electron chi connectivity index (χ2n) is 8.30. The number of allylic oxidation sites excluding steroid dienone is 1. The molecule has 3 heterocycles. The van der Waals surface area contributed by atoms with Crippen molar-refractivity contribution >= 4 is 28.7 Å². The summed E-state index contributed by atoms with van der Waals surface area (Å²) in [6.07, 6.45) is 3.05. The maximum Gasteiger partial charge on any atom is 0.287 e. The van der Waals surface area contributed by atoms with Crippen LogP contribution in [-0.4, -0.2) is 79.9 Å². The molecule has 3 rings (SSSR count). The van der Waals surface area contributed by atoms with Gasteiger partial charge in [0.1, 0.15) is 12.0 Å². The first-order valence-electron chi connectivity index (χ1n) is 12.4. The van der Waals surface area contributed by atoms with Crippen LogP contribution in [0.25, 0.3) is 0 Å². The number of carbonyl (C=O) groups excluding carboxylic acids is 1. The molecular weight excluding hydrogens is 516 g/mol. The van der Waals surface area contributed by atoms with E-state index in [1.54, 1.807) is 11.3 Å². The molecule has 0 aliphatic carbocycles. The standard InChI is InChI=1S/C25H34N4O8S/c1-2-36-25-20(5-10-34-12-13-35-11-9-30)21(18-6-14-38-17-18)15-22(37-25)24(31)27-8-7-26-23-4-3-19(16-28-23)29(32)33/h3-4,6,14-17,20-21,25,30H,2,5,7-13H2,1H3,(H,26,28)(H,27,31)/t20-,21-,25-/m1/s1. The highest BCUT2D eigenvalue weighted by Gasteiger charge is 2.38. The van der Waals surface area contributed by atoms with Crippen molar-refractivity contribution in [3.05, 3.63) is 62.7 Å². The van der Waals surface area contributed by atoms with Crippen LogP contribution in [-0.2, 0) is 23.7 Å². The SMILES string of the molecule is CCO[C@@H]1OC(C(=O)NCCNc2ccc([N+](=O)[O-])cn2)=C[C@H](c2ccsc2)[C@H]1CCOCCOCCO. The number of ether oxygens (including phenoxy) is 4. The van der Waals surface area contributed by atoms with E-state index < -0.39 is 11.2 Å². The Morgan fingerprint density at radius 2 is 2.03 bits per heavy atom. The minimum Gasteiger partial charge on any atom is -0.459 e. The van der Waals surface area contributed by atoms with Gasteiger partial charge in [0.2, 0.25) is 6.29 Å². The van der Waals surface area contributed by atoms with E-state index in [0.717, 1.165) is 5.56 Å². The van der Waals surface area contributed by atoms with Crippen LogP contribution in [0.15, 0.2) is 47.0 Å². The van der Waals surface area contributed by atoms with Gasteiger partial charge in [-0.2, -0.15) is 11.3 Å². The van der Waals surface area contributed by atoms with Gasteiger partial charge < -0.3 is 34.7 Å². The first-order chi connectivity index (χ1) is 18.5. The predicted molar refractivity (Wildman–Crippen MR) is 141 cm³/mol. The van der Waals surface area contributed by atoms with Crippen LogP contribution in [0.3, 0.4) is 0 Å². The summed E-state index contributed by atoms with van der Waals surface area (Å²) in [5.74, 6) is 0.155. The summed E-state index contributed by atoms with van der Waals surface area (Å²) in [5, 5.41) is 29.4. The van der Waals surface area contributed by atoms with Crippen molar-refractivity contribution in [1.82, 2.24) is 10.3 Å². The number of rotatable bonds is 17. The number of hydrogen-bond donors (Lipinski definition) is 3. The topological polar surface area (TPSA) is 154 Å². The summed E-state index contributed by atoms with van der Waals surface area (Å²) in [6.45, 7) is 4.52. The molecule has 0 aromatic carbocycles. The van der Waals surface area contributed by atoms with Crippen LogP contribution in [0, 0.1) is 16.0 Å². The number of pyridine rings is 1. The largest absolute Gasteiger partial charge is 0.459 e. The normalized spacial score (nSPS) is 18.9. The fraction of sp³-hybridized carbons (Fsp3) is 0.520. The van der Waals surface area contributed by atoms with E-state index in [2.05, 4.69) is 21.0 Å². The van der Waals surface area contributed by atoms with E-state index in [-0.39, 0.29) is 48.9 Å². The van der Waals surface area contributed by atoms with Gasteiger partial charge in [0, 0.05) is 44.2 Å². The first kappa shape index (κ1) is 29.5. The van der Waals surface area contributed by atoms with Gasteiger partial charge in [-0.15, -0.1) is 0 Å². The van der Waals surface area contributed by atoms with Crippen molar-refractivity contribution in [3.63, 3.8) is 0 Å². The van der Waals surface area contributed by atoms with E-state index in [1.807, 2.05) is 24.4 Å². The lowest BCUT2D eigenvalue weighted by molar-refractivity contribution is -0.385. The minimum atomic E-state index is -0.618. The lowest BCUT2D eigenvalue weighted by Crippen LogP contribution is -2.40. The van der Waals surface area contributed by atoms with E-state index in [0.29, 0.717) is 45.2 Å². The molecule has 2 aromatic heterocycles. The first-order valence-corrected chi connectivity index (χ1v) is 13.4. The van der Waals surface area contributed by atoms with Gasteiger partial charge in [0.25, 0.3) is 11.6 Å². The molecule has 1 aliphatic heterocycles. The number of aromatic nitrogens is 1. The van der Waals surface area contributed by atoms with Crippen molar-refractivity contribution in [3.8, 4) is 0 Å². The Labute approximate surface area is 225 Å². The molecule has 208 valence electrons. The van der Waals surface area contributed by atoms with Gasteiger partial charge >= 0.3 is 0 Å². The van der Waals surface area contributed by atoms with Gasteiger partial charge in [-0.05, 0) is 47.9 Å². The number of nitrogens with zero attached hydrogens (tertiary/aromatic N) is 2. The number of nitro groups is 1. The van der Waals surface area contributed by atoms with Crippen LogP contribution in [0.5, 0.6) is 0 Å². The molecule has 1 amide bonds. The third-order valence-corrected chi connectivity index (χ3v) is 6.45. The number of aliphatic hydroxyl groups excluding tert-OH is 1. The van der Waals surface area contributed by atoms with Crippen LogP contribution in [0.1, 0.15) is 24.8 Å². The highest BCUT2D eigenvalue weighted by Crippen LogP contribution is 2.39. The molecule has 0 bridgehead atoms. The summed E-state index contributed by atoms with van der Waals surface area (Å²) in [7, 11) is 0. The van der Waals surface area contributed by atoms with Crippen LogP contribution < -0.4 is 10.6 Å². The third kappa shape index (κ3) is 9.03. The maximum absolute atomic E-state index is 13.0. The molecule has 0 saturated carbocycles. The van der Waals surface area contributed by atoms with Crippen LogP contribution in [0.2, 0.25) is 0 Å². The highest BCUT2D eigenvalue weighted by molar-refractivity contribution is 7.08. The molecule has 12 nitrogen and oxygen atoms in total.